The molecular formula is C12H13BrN2O5. The van der Waals surface area contributed by atoms with E-state index < -0.39 is 10.9 Å². The number of aliphatic carboxylic acids is 1. The lowest BCUT2D eigenvalue weighted by atomic mass is 10.1. The minimum absolute atomic E-state index is 0.0421. The summed E-state index contributed by atoms with van der Waals surface area (Å²) in [6.07, 6.45) is 0.162. The molecule has 2 N–H and O–H groups in total. The van der Waals surface area contributed by atoms with Crippen LogP contribution in [-0.4, -0.2) is 21.9 Å². The smallest absolute Gasteiger partial charge is 0.303 e. The third-order valence-corrected chi connectivity index (χ3v) is 3.21. The summed E-state index contributed by atoms with van der Waals surface area (Å²) in [7, 11) is 0. The number of aryl methyl sites for hydroxylation is 1. The predicted octanol–water partition coefficient (Wildman–Crippen LogP) is 2.86. The van der Waals surface area contributed by atoms with Gasteiger partial charge in [0, 0.05) is 28.9 Å². The SMILES string of the molecule is Cc1cc(Br)c(NC(=O)CCCC(=O)O)cc1[N+](=O)[O-]. The molecule has 0 unspecified atom stereocenters. The molecule has 0 saturated heterocycles. The largest absolute Gasteiger partial charge is 0.481 e. The van der Waals surface area contributed by atoms with E-state index in [4.69, 9.17) is 5.11 Å². The average Bonchev–Trinajstić information content (AvgIpc) is 2.31. The average molecular weight is 345 g/mol. The fourth-order valence-corrected chi connectivity index (χ4v) is 2.12. The number of halogens is 1. The molecule has 108 valence electrons. The van der Waals surface area contributed by atoms with E-state index in [0.29, 0.717) is 15.7 Å². The van der Waals surface area contributed by atoms with E-state index >= 15 is 0 Å². The standard InChI is InChI=1S/C12H13BrN2O5/c1-7-5-8(13)9(6-10(7)15(19)20)14-11(16)3-2-4-12(17)18/h5-6H,2-4H2,1H3,(H,14,16)(H,17,18). The molecule has 8 heteroatoms. The summed E-state index contributed by atoms with van der Waals surface area (Å²) in [5.41, 5.74) is 0.683. The molecule has 1 aromatic carbocycles. The molecule has 0 radical (unpaired) electrons. The van der Waals surface area contributed by atoms with Crippen molar-refractivity contribution in [2.75, 3.05) is 5.32 Å². The maximum atomic E-state index is 11.6. The topological polar surface area (TPSA) is 110 Å². The Morgan fingerprint density at radius 3 is 2.60 bits per heavy atom. The predicted molar refractivity (Wildman–Crippen MR) is 75.6 cm³/mol. The quantitative estimate of drug-likeness (QED) is 0.609. The molecule has 7 nitrogen and oxygen atoms in total. The summed E-state index contributed by atoms with van der Waals surface area (Å²) in [4.78, 5) is 32.3. The summed E-state index contributed by atoms with van der Waals surface area (Å²) < 4.78 is 0.534. The fourth-order valence-electron chi connectivity index (χ4n) is 1.57. The fraction of sp³-hybridized carbons (Fsp3) is 0.333. The Kier molecular flexibility index (Phi) is 5.63. The highest BCUT2D eigenvalue weighted by molar-refractivity contribution is 9.10. The van der Waals surface area contributed by atoms with E-state index in [9.17, 15) is 19.7 Å². The van der Waals surface area contributed by atoms with Gasteiger partial charge in [-0.3, -0.25) is 19.7 Å². The van der Waals surface area contributed by atoms with Crippen LogP contribution in [0.3, 0.4) is 0 Å². The zero-order valence-corrected chi connectivity index (χ0v) is 12.3. The first-order chi connectivity index (χ1) is 9.31. The first-order valence-electron chi connectivity index (χ1n) is 5.77. The van der Waals surface area contributed by atoms with Gasteiger partial charge in [0.15, 0.2) is 0 Å². The number of nitro benzene ring substituents is 1. The minimum atomic E-state index is -0.968. The number of amides is 1. The molecule has 0 aliphatic rings. The van der Waals surface area contributed by atoms with E-state index in [1.54, 1.807) is 13.0 Å². The van der Waals surface area contributed by atoms with Crippen molar-refractivity contribution in [1.82, 2.24) is 0 Å². The molecule has 1 amide bonds. The number of nitrogens with one attached hydrogen (secondary N) is 1. The van der Waals surface area contributed by atoms with Crippen LogP contribution in [0.4, 0.5) is 11.4 Å². The van der Waals surface area contributed by atoms with E-state index in [2.05, 4.69) is 21.2 Å². The van der Waals surface area contributed by atoms with Gasteiger partial charge in [-0.15, -0.1) is 0 Å². The number of hydrogen-bond acceptors (Lipinski definition) is 4. The van der Waals surface area contributed by atoms with Crippen LogP contribution in [0.2, 0.25) is 0 Å². The van der Waals surface area contributed by atoms with Crippen molar-refractivity contribution in [2.45, 2.75) is 26.2 Å². The van der Waals surface area contributed by atoms with Crippen LogP contribution in [0.5, 0.6) is 0 Å². The normalized spacial score (nSPS) is 10.1. The molecule has 0 fully saturated rings. The van der Waals surface area contributed by atoms with Gasteiger partial charge in [-0.1, -0.05) is 0 Å². The van der Waals surface area contributed by atoms with Gasteiger partial charge >= 0.3 is 5.97 Å². The van der Waals surface area contributed by atoms with Gasteiger partial charge in [0.2, 0.25) is 5.91 Å². The summed E-state index contributed by atoms with van der Waals surface area (Å²) >= 11 is 3.22. The Hall–Kier alpha value is -1.96. The molecule has 0 spiro atoms. The van der Waals surface area contributed by atoms with Crippen LogP contribution in [0.1, 0.15) is 24.8 Å². The summed E-state index contributed by atoms with van der Waals surface area (Å²) in [6, 6.07) is 2.82. The second-order valence-corrected chi connectivity index (χ2v) is 5.03. The Morgan fingerprint density at radius 2 is 2.05 bits per heavy atom. The highest BCUT2D eigenvalue weighted by Gasteiger charge is 2.15. The van der Waals surface area contributed by atoms with Gasteiger partial charge in [-0.2, -0.15) is 0 Å². The van der Waals surface area contributed by atoms with Gasteiger partial charge in [-0.05, 0) is 35.3 Å². The van der Waals surface area contributed by atoms with Gasteiger partial charge < -0.3 is 10.4 Å². The number of carboxylic acid groups (broad SMARTS) is 1. The van der Waals surface area contributed by atoms with Gasteiger partial charge in [0.1, 0.15) is 0 Å². The third kappa shape index (κ3) is 4.61. The van der Waals surface area contributed by atoms with Crippen molar-refractivity contribution >= 4 is 39.2 Å². The molecule has 0 aliphatic carbocycles. The molecule has 0 atom stereocenters. The van der Waals surface area contributed by atoms with Crippen LogP contribution in [0, 0.1) is 17.0 Å². The van der Waals surface area contributed by atoms with E-state index in [-0.39, 0.29) is 30.9 Å². The highest BCUT2D eigenvalue weighted by atomic mass is 79.9. The minimum Gasteiger partial charge on any atom is -0.481 e. The molecule has 1 aromatic rings. The van der Waals surface area contributed by atoms with E-state index in [1.807, 2.05) is 0 Å². The van der Waals surface area contributed by atoms with Crippen LogP contribution >= 0.6 is 15.9 Å². The van der Waals surface area contributed by atoms with Crippen LogP contribution in [0.25, 0.3) is 0 Å². The van der Waals surface area contributed by atoms with Crippen molar-refractivity contribution in [3.05, 3.63) is 32.3 Å². The summed E-state index contributed by atoms with van der Waals surface area (Å²) in [5.74, 6) is -1.35. The van der Waals surface area contributed by atoms with Crippen LogP contribution in [-0.2, 0) is 9.59 Å². The maximum Gasteiger partial charge on any atom is 0.303 e. The monoisotopic (exact) mass is 344 g/mol. The third-order valence-electron chi connectivity index (χ3n) is 2.55. The molecule has 0 bridgehead atoms. The molecule has 0 aliphatic heterocycles. The molecule has 0 saturated carbocycles. The molecule has 0 aromatic heterocycles. The lowest BCUT2D eigenvalue weighted by molar-refractivity contribution is -0.385. The number of hydrogen-bond donors (Lipinski definition) is 2. The molecule has 20 heavy (non-hydrogen) atoms. The summed E-state index contributed by atoms with van der Waals surface area (Å²) in [5, 5.41) is 21.8. The number of carbonyl (C=O) groups excluding carboxylic acids is 1. The Bertz CT molecular complexity index is 559. The number of rotatable bonds is 6. The van der Waals surface area contributed by atoms with Crippen molar-refractivity contribution < 1.29 is 19.6 Å². The molecular weight excluding hydrogens is 332 g/mol. The molecule has 1 rings (SSSR count). The van der Waals surface area contributed by atoms with Gasteiger partial charge in [0.05, 0.1) is 10.6 Å². The molecule has 0 heterocycles. The van der Waals surface area contributed by atoms with Crippen LogP contribution < -0.4 is 5.32 Å². The lowest BCUT2D eigenvalue weighted by Gasteiger charge is -2.08. The van der Waals surface area contributed by atoms with Crippen molar-refractivity contribution in [3.63, 3.8) is 0 Å². The highest BCUT2D eigenvalue weighted by Crippen LogP contribution is 2.30. The summed E-state index contributed by atoms with van der Waals surface area (Å²) in [6.45, 7) is 1.60. The van der Waals surface area contributed by atoms with Crippen LogP contribution in [0.15, 0.2) is 16.6 Å². The number of anilines is 1. The number of carbonyl (C=O) groups is 2. The Labute approximate surface area is 123 Å². The number of carboxylic acids is 1. The number of benzene rings is 1. The zero-order valence-electron chi connectivity index (χ0n) is 10.7. The van der Waals surface area contributed by atoms with Crippen molar-refractivity contribution in [3.8, 4) is 0 Å². The van der Waals surface area contributed by atoms with E-state index in [1.165, 1.54) is 6.07 Å². The van der Waals surface area contributed by atoms with Gasteiger partial charge in [0.25, 0.3) is 5.69 Å². The first kappa shape index (κ1) is 16.1. The van der Waals surface area contributed by atoms with Gasteiger partial charge in [-0.25, -0.2) is 0 Å². The second kappa shape index (κ2) is 6.99. The van der Waals surface area contributed by atoms with E-state index in [0.717, 1.165) is 0 Å². The van der Waals surface area contributed by atoms with Crippen molar-refractivity contribution in [1.29, 1.82) is 0 Å². The number of nitrogens with zero attached hydrogens (tertiary/aromatic N) is 1. The Morgan fingerprint density at radius 1 is 1.40 bits per heavy atom. The Balaban J connectivity index is 2.76. The van der Waals surface area contributed by atoms with Crippen molar-refractivity contribution in [2.24, 2.45) is 0 Å². The number of nitro groups is 1. The first-order valence-corrected chi connectivity index (χ1v) is 6.56. The second-order valence-electron chi connectivity index (χ2n) is 4.17. The maximum absolute atomic E-state index is 11.6. The lowest BCUT2D eigenvalue weighted by Crippen LogP contribution is -2.12. The zero-order chi connectivity index (χ0) is 15.3.